The monoisotopic (exact) mass is 568 g/mol. The van der Waals surface area contributed by atoms with Gasteiger partial charge in [-0.3, -0.25) is 4.90 Å². The van der Waals surface area contributed by atoms with Crippen molar-refractivity contribution in [2.45, 2.75) is 0 Å². The maximum Gasteiger partial charge on any atom is 0.141 e. The predicted octanol–water partition coefficient (Wildman–Crippen LogP) is 11.6. The molecule has 0 spiro atoms. The summed E-state index contributed by atoms with van der Waals surface area (Å²) in [6, 6.07) is 49.2. The molecule has 0 fully saturated rings. The maximum atomic E-state index is 6.45. The lowest BCUT2D eigenvalue weighted by Crippen LogP contribution is -2.11. The number of nitrogens with zero attached hydrogens (tertiary/aromatic N) is 2. The van der Waals surface area contributed by atoms with E-state index < -0.39 is 0 Å². The Balaban J connectivity index is 1.24. The van der Waals surface area contributed by atoms with Crippen molar-refractivity contribution in [1.82, 2.24) is 4.98 Å². The quantitative estimate of drug-likeness (QED) is 0.211. The zero-order chi connectivity index (χ0) is 28.3. The first-order valence-electron chi connectivity index (χ1n) is 14.4. The molecule has 43 heavy (non-hydrogen) atoms. The lowest BCUT2D eigenvalue weighted by Gasteiger charge is -2.24. The van der Waals surface area contributed by atoms with Gasteiger partial charge in [0, 0.05) is 54.6 Å². The molecule has 3 nitrogen and oxygen atoms in total. The molecule has 0 aliphatic rings. The fourth-order valence-corrected chi connectivity index (χ4v) is 7.34. The Bertz CT molecular complexity index is 2460. The predicted molar refractivity (Wildman–Crippen MR) is 182 cm³/mol. The minimum Gasteiger partial charge on any atom is -0.456 e. The third-order valence-electron chi connectivity index (χ3n) is 8.31. The van der Waals surface area contributed by atoms with Gasteiger partial charge in [0.05, 0.1) is 0 Å². The summed E-state index contributed by atoms with van der Waals surface area (Å²) < 4.78 is 9.02. The number of aromatic nitrogens is 1. The van der Waals surface area contributed by atoms with E-state index in [4.69, 9.17) is 9.40 Å². The minimum absolute atomic E-state index is 0.808. The average Bonchev–Trinajstić information content (AvgIpc) is 3.64. The lowest BCUT2D eigenvalue weighted by molar-refractivity contribution is 0.669. The van der Waals surface area contributed by atoms with Gasteiger partial charge in [-0.1, -0.05) is 91.0 Å². The van der Waals surface area contributed by atoms with Crippen molar-refractivity contribution in [3.05, 3.63) is 146 Å². The van der Waals surface area contributed by atoms with Crippen LogP contribution in [0.2, 0.25) is 0 Å². The van der Waals surface area contributed by atoms with E-state index in [1.165, 1.54) is 42.1 Å². The van der Waals surface area contributed by atoms with Crippen LogP contribution >= 0.6 is 11.3 Å². The average molecular weight is 569 g/mol. The molecule has 0 saturated carbocycles. The molecular formula is C39H24N2OS. The summed E-state index contributed by atoms with van der Waals surface area (Å²) in [7, 11) is 0. The highest BCUT2D eigenvalue weighted by Crippen LogP contribution is 2.42. The third kappa shape index (κ3) is 3.92. The lowest BCUT2D eigenvalue weighted by atomic mass is 10.0. The van der Waals surface area contributed by atoms with Crippen LogP contribution in [0.5, 0.6) is 0 Å². The SMILES string of the molecule is c1ccc(-c2ccc(N(c3ccc4sc5ccccc5c4c3)c3cc4oc5ccc6ccccc6c5c4cn3)cc2)cc1. The normalized spacial score (nSPS) is 11.7. The number of rotatable bonds is 4. The number of thiophene rings is 1. The molecule has 0 amide bonds. The molecule has 0 bridgehead atoms. The summed E-state index contributed by atoms with van der Waals surface area (Å²) in [5.41, 5.74) is 6.16. The summed E-state index contributed by atoms with van der Waals surface area (Å²) in [4.78, 5) is 7.30. The first-order chi connectivity index (χ1) is 21.3. The van der Waals surface area contributed by atoms with Gasteiger partial charge in [-0.05, 0) is 64.4 Å². The molecule has 0 saturated heterocycles. The molecule has 0 aliphatic heterocycles. The van der Waals surface area contributed by atoms with Crippen LogP contribution in [0.3, 0.4) is 0 Å². The van der Waals surface area contributed by atoms with Crippen LogP contribution in [0.4, 0.5) is 17.2 Å². The molecule has 4 heteroatoms. The smallest absolute Gasteiger partial charge is 0.141 e. The second-order valence-electron chi connectivity index (χ2n) is 10.8. The molecule has 0 atom stereocenters. The van der Waals surface area contributed by atoms with Crippen molar-refractivity contribution in [2.75, 3.05) is 4.90 Å². The van der Waals surface area contributed by atoms with E-state index in [1.807, 2.05) is 23.6 Å². The highest BCUT2D eigenvalue weighted by Gasteiger charge is 2.19. The zero-order valence-corrected chi connectivity index (χ0v) is 23.9. The first kappa shape index (κ1) is 24.2. The highest BCUT2D eigenvalue weighted by atomic mass is 32.1. The number of benzene rings is 6. The molecule has 202 valence electrons. The van der Waals surface area contributed by atoms with E-state index in [0.29, 0.717) is 0 Å². The van der Waals surface area contributed by atoms with Crippen molar-refractivity contribution >= 4 is 81.4 Å². The fourth-order valence-electron chi connectivity index (χ4n) is 6.25. The Morgan fingerprint density at radius 3 is 2.12 bits per heavy atom. The minimum atomic E-state index is 0.808. The fraction of sp³-hybridized carbons (Fsp3) is 0. The Morgan fingerprint density at radius 2 is 1.23 bits per heavy atom. The number of anilines is 3. The van der Waals surface area contributed by atoms with Gasteiger partial charge >= 0.3 is 0 Å². The summed E-state index contributed by atoms with van der Waals surface area (Å²) in [6.07, 6.45) is 1.97. The second-order valence-corrected chi connectivity index (χ2v) is 11.9. The standard InChI is InChI=1S/C39H24N2OS/c1-2-8-25(9-3-1)26-14-17-28(18-15-26)41(29-19-21-37-32(22-29)31-12-6-7-13-36(31)43-37)38-23-35-33(24-40-38)39-30-11-5-4-10-27(30)16-20-34(39)42-35/h1-24H. The molecule has 9 aromatic rings. The number of furan rings is 1. The van der Waals surface area contributed by atoms with Crippen LogP contribution in [-0.4, -0.2) is 4.98 Å². The van der Waals surface area contributed by atoms with Crippen LogP contribution in [0.15, 0.2) is 150 Å². The largest absolute Gasteiger partial charge is 0.456 e. The Morgan fingerprint density at radius 1 is 0.512 bits per heavy atom. The van der Waals surface area contributed by atoms with Crippen LogP contribution in [0.25, 0.3) is 64.0 Å². The van der Waals surface area contributed by atoms with Crippen molar-refractivity contribution < 1.29 is 4.42 Å². The molecule has 0 unspecified atom stereocenters. The van der Waals surface area contributed by atoms with Crippen molar-refractivity contribution in [1.29, 1.82) is 0 Å². The van der Waals surface area contributed by atoms with Crippen LogP contribution < -0.4 is 4.90 Å². The molecule has 3 heterocycles. The first-order valence-corrected chi connectivity index (χ1v) is 15.2. The Hall–Kier alpha value is -5.45. The number of hydrogen-bond donors (Lipinski definition) is 0. The zero-order valence-electron chi connectivity index (χ0n) is 23.1. The molecular weight excluding hydrogens is 545 g/mol. The Labute approximate surface area is 251 Å². The van der Waals surface area contributed by atoms with Crippen LogP contribution in [-0.2, 0) is 0 Å². The molecule has 0 N–H and O–H groups in total. The molecule has 9 rings (SSSR count). The van der Waals surface area contributed by atoms with Gasteiger partial charge in [-0.2, -0.15) is 0 Å². The van der Waals surface area contributed by atoms with Crippen molar-refractivity contribution in [3.8, 4) is 11.1 Å². The summed E-state index contributed by atoms with van der Waals surface area (Å²) in [5, 5.41) is 7.03. The third-order valence-corrected chi connectivity index (χ3v) is 9.46. The van der Waals surface area contributed by atoms with Crippen molar-refractivity contribution in [2.24, 2.45) is 0 Å². The van der Waals surface area contributed by atoms with Gasteiger partial charge in [-0.25, -0.2) is 4.98 Å². The van der Waals surface area contributed by atoms with E-state index in [0.717, 1.165) is 39.1 Å². The molecule has 6 aromatic carbocycles. The molecule has 0 radical (unpaired) electrons. The maximum absolute atomic E-state index is 6.45. The topological polar surface area (TPSA) is 29.3 Å². The van der Waals surface area contributed by atoms with E-state index >= 15 is 0 Å². The number of pyridine rings is 1. The summed E-state index contributed by atoms with van der Waals surface area (Å²) in [6.45, 7) is 0. The van der Waals surface area contributed by atoms with E-state index in [1.54, 1.807) is 0 Å². The second kappa shape index (κ2) is 9.55. The van der Waals surface area contributed by atoms with Gasteiger partial charge in [-0.15, -0.1) is 11.3 Å². The van der Waals surface area contributed by atoms with E-state index in [-0.39, 0.29) is 0 Å². The van der Waals surface area contributed by atoms with Crippen LogP contribution in [0, 0.1) is 0 Å². The van der Waals surface area contributed by atoms with Gasteiger partial charge < -0.3 is 4.42 Å². The van der Waals surface area contributed by atoms with Crippen LogP contribution in [0.1, 0.15) is 0 Å². The Kier molecular flexibility index (Phi) is 5.37. The van der Waals surface area contributed by atoms with Crippen molar-refractivity contribution in [3.63, 3.8) is 0 Å². The van der Waals surface area contributed by atoms with Gasteiger partial charge in [0.15, 0.2) is 0 Å². The molecule has 3 aromatic heterocycles. The van der Waals surface area contributed by atoms with Gasteiger partial charge in [0.25, 0.3) is 0 Å². The number of hydrogen-bond acceptors (Lipinski definition) is 4. The molecule has 0 aliphatic carbocycles. The summed E-state index contributed by atoms with van der Waals surface area (Å²) >= 11 is 1.83. The van der Waals surface area contributed by atoms with E-state index in [9.17, 15) is 0 Å². The van der Waals surface area contributed by atoms with Gasteiger partial charge in [0.2, 0.25) is 0 Å². The summed E-state index contributed by atoms with van der Waals surface area (Å²) in [5.74, 6) is 0.808. The van der Waals surface area contributed by atoms with E-state index in [2.05, 4.69) is 138 Å². The highest BCUT2D eigenvalue weighted by molar-refractivity contribution is 7.25. The number of fused-ring (bicyclic) bond motifs is 8. The van der Waals surface area contributed by atoms with Gasteiger partial charge in [0.1, 0.15) is 17.0 Å².